The van der Waals surface area contributed by atoms with E-state index in [1.165, 1.54) is 4.90 Å². The van der Waals surface area contributed by atoms with Gasteiger partial charge in [-0.1, -0.05) is 41.9 Å². The number of nitrogens with one attached hydrogen (secondary N) is 1. The van der Waals surface area contributed by atoms with Crippen molar-refractivity contribution in [2.75, 3.05) is 24.2 Å². The van der Waals surface area contributed by atoms with Gasteiger partial charge >= 0.3 is 0 Å². The molecule has 0 radical (unpaired) electrons. The Kier molecular flexibility index (Phi) is 10.8. The summed E-state index contributed by atoms with van der Waals surface area (Å²) in [5, 5.41) is 2.96. The molecule has 2 rings (SSSR count). The first-order valence-corrected chi connectivity index (χ1v) is 14.5. The third kappa shape index (κ3) is 7.96. The molecule has 36 heavy (non-hydrogen) atoms. The Balaban J connectivity index is 2.45. The predicted octanol–water partition coefficient (Wildman–Crippen LogP) is 4.25. The Morgan fingerprint density at radius 3 is 2.22 bits per heavy atom. The lowest BCUT2D eigenvalue weighted by Crippen LogP contribution is -2.53. The molecule has 198 valence electrons. The van der Waals surface area contributed by atoms with Crippen LogP contribution in [0.25, 0.3) is 0 Å². The highest BCUT2D eigenvalue weighted by Crippen LogP contribution is 2.25. The van der Waals surface area contributed by atoms with Crippen LogP contribution in [-0.4, -0.2) is 57.1 Å². The Hall–Kier alpha value is -2.59. The van der Waals surface area contributed by atoms with Gasteiger partial charge in [0.05, 0.1) is 19.1 Å². The van der Waals surface area contributed by atoms with Crippen molar-refractivity contribution in [3.8, 4) is 5.75 Å². The van der Waals surface area contributed by atoms with Crippen LogP contribution in [0.3, 0.4) is 0 Å². The number of methoxy groups -OCH3 is 1. The molecule has 0 aliphatic carbocycles. The molecule has 2 aromatic carbocycles. The molecular formula is C26H36BrN3O5S. The number of aryl methyl sites for hydroxylation is 1. The van der Waals surface area contributed by atoms with Crippen molar-refractivity contribution in [3.05, 3.63) is 58.1 Å². The van der Waals surface area contributed by atoms with Crippen molar-refractivity contribution >= 4 is 43.5 Å². The summed E-state index contributed by atoms with van der Waals surface area (Å²) >= 11 is 3.42. The maximum atomic E-state index is 13.7. The maximum absolute atomic E-state index is 13.7. The van der Waals surface area contributed by atoms with Crippen LogP contribution in [0.2, 0.25) is 0 Å². The number of ether oxygens (including phenoxy) is 1. The van der Waals surface area contributed by atoms with Crippen molar-refractivity contribution in [3.63, 3.8) is 0 Å². The summed E-state index contributed by atoms with van der Waals surface area (Å²) in [6.07, 6.45) is 2.19. The number of amides is 2. The van der Waals surface area contributed by atoms with Crippen LogP contribution in [0, 0.1) is 6.92 Å². The van der Waals surface area contributed by atoms with Gasteiger partial charge in [-0.25, -0.2) is 8.42 Å². The van der Waals surface area contributed by atoms with E-state index < -0.39 is 28.5 Å². The lowest BCUT2D eigenvalue weighted by Gasteiger charge is -2.33. The van der Waals surface area contributed by atoms with Gasteiger partial charge in [0.2, 0.25) is 21.8 Å². The molecule has 0 spiro atoms. The van der Waals surface area contributed by atoms with Crippen molar-refractivity contribution < 1.29 is 22.7 Å². The molecule has 0 heterocycles. The molecule has 0 fully saturated rings. The summed E-state index contributed by atoms with van der Waals surface area (Å²) in [6, 6.07) is 11.5. The second-order valence-electron chi connectivity index (χ2n) is 8.81. The Labute approximate surface area is 223 Å². The average Bonchev–Trinajstić information content (AvgIpc) is 2.83. The number of sulfonamides is 1. The number of rotatable bonds is 12. The summed E-state index contributed by atoms with van der Waals surface area (Å²) in [7, 11) is -2.21. The third-order valence-electron chi connectivity index (χ3n) is 6.01. The molecule has 8 nitrogen and oxygen atoms in total. The zero-order chi connectivity index (χ0) is 27.0. The van der Waals surface area contributed by atoms with E-state index in [4.69, 9.17) is 4.74 Å². The van der Waals surface area contributed by atoms with Crippen LogP contribution >= 0.6 is 15.9 Å². The summed E-state index contributed by atoms with van der Waals surface area (Å²) < 4.78 is 32.6. The van der Waals surface area contributed by atoms with Crippen molar-refractivity contribution in [1.82, 2.24) is 10.2 Å². The second kappa shape index (κ2) is 13.1. The smallest absolute Gasteiger partial charge is 0.244 e. The minimum Gasteiger partial charge on any atom is -0.497 e. The summed E-state index contributed by atoms with van der Waals surface area (Å²) in [4.78, 5) is 28.3. The first-order chi connectivity index (χ1) is 16.9. The van der Waals surface area contributed by atoms with E-state index in [1.807, 2.05) is 39.8 Å². The molecule has 0 aliphatic heterocycles. The van der Waals surface area contributed by atoms with Crippen LogP contribution in [0.5, 0.6) is 5.75 Å². The van der Waals surface area contributed by atoms with Gasteiger partial charge in [-0.3, -0.25) is 13.9 Å². The maximum Gasteiger partial charge on any atom is 0.244 e. The highest BCUT2D eigenvalue weighted by atomic mass is 79.9. The molecule has 1 N–H and O–H groups in total. The van der Waals surface area contributed by atoms with Gasteiger partial charge in [-0.2, -0.15) is 0 Å². The van der Waals surface area contributed by atoms with Crippen LogP contribution in [-0.2, 0) is 26.2 Å². The van der Waals surface area contributed by atoms with Gasteiger partial charge in [0, 0.05) is 17.1 Å². The topological polar surface area (TPSA) is 96.0 Å². The first kappa shape index (κ1) is 29.6. The van der Waals surface area contributed by atoms with E-state index in [9.17, 15) is 18.0 Å². The molecular weight excluding hydrogens is 546 g/mol. The van der Waals surface area contributed by atoms with Crippen molar-refractivity contribution in [1.29, 1.82) is 0 Å². The molecule has 0 unspecified atom stereocenters. The SMILES string of the molecule is CC[C@H](C(=O)N[C@@H](C)CC)N(Cc1ccc(OC)cc1)C(=O)CN(c1ccc(Br)c(C)c1)S(C)(=O)=O. The van der Waals surface area contributed by atoms with E-state index in [0.717, 1.165) is 32.6 Å². The van der Waals surface area contributed by atoms with E-state index in [1.54, 1.807) is 37.4 Å². The van der Waals surface area contributed by atoms with E-state index in [-0.39, 0.29) is 18.5 Å². The van der Waals surface area contributed by atoms with E-state index in [2.05, 4.69) is 21.2 Å². The summed E-state index contributed by atoms with van der Waals surface area (Å²) in [6.45, 7) is 7.27. The minimum absolute atomic E-state index is 0.0530. The van der Waals surface area contributed by atoms with Gasteiger partial charge in [-0.05, 0) is 68.1 Å². The molecule has 10 heteroatoms. The van der Waals surface area contributed by atoms with E-state index in [0.29, 0.717) is 17.9 Å². The minimum atomic E-state index is -3.78. The molecule has 0 aromatic heterocycles. The number of halogens is 1. The quantitative estimate of drug-likeness (QED) is 0.404. The second-order valence-corrected chi connectivity index (χ2v) is 11.6. The monoisotopic (exact) mass is 581 g/mol. The third-order valence-corrected chi connectivity index (χ3v) is 8.04. The number of anilines is 1. The first-order valence-electron chi connectivity index (χ1n) is 11.9. The number of hydrogen-bond acceptors (Lipinski definition) is 5. The van der Waals surface area contributed by atoms with E-state index >= 15 is 0 Å². The van der Waals surface area contributed by atoms with Gasteiger partial charge in [0.15, 0.2) is 0 Å². The molecule has 2 atom stereocenters. The fourth-order valence-corrected chi connectivity index (χ4v) is 4.77. The summed E-state index contributed by atoms with van der Waals surface area (Å²) in [5.74, 6) is -0.0610. The molecule has 2 aromatic rings. The zero-order valence-corrected chi connectivity index (χ0v) is 24.1. The van der Waals surface area contributed by atoms with Gasteiger partial charge in [0.25, 0.3) is 0 Å². The lowest BCUT2D eigenvalue weighted by atomic mass is 10.1. The molecule has 0 saturated heterocycles. The Morgan fingerprint density at radius 1 is 1.08 bits per heavy atom. The number of nitrogens with zero attached hydrogens (tertiary/aromatic N) is 2. The molecule has 2 amide bonds. The predicted molar refractivity (Wildman–Crippen MR) is 147 cm³/mol. The van der Waals surface area contributed by atoms with Crippen LogP contribution in [0.15, 0.2) is 46.9 Å². The summed E-state index contributed by atoms with van der Waals surface area (Å²) in [5.41, 5.74) is 2.01. The Morgan fingerprint density at radius 2 is 1.72 bits per heavy atom. The lowest BCUT2D eigenvalue weighted by molar-refractivity contribution is -0.140. The largest absolute Gasteiger partial charge is 0.497 e. The van der Waals surface area contributed by atoms with Crippen molar-refractivity contribution in [2.24, 2.45) is 0 Å². The highest BCUT2D eigenvalue weighted by molar-refractivity contribution is 9.10. The fraction of sp³-hybridized carbons (Fsp3) is 0.462. The van der Waals surface area contributed by atoms with Crippen molar-refractivity contribution in [2.45, 2.75) is 59.2 Å². The van der Waals surface area contributed by atoms with Gasteiger partial charge in [-0.15, -0.1) is 0 Å². The number of benzene rings is 2. The molecule has 0 saturated carbocycles. The van der Waals surface area contributed by atoms with Gasteiger partial charge < -0.3 is 15.0 Å². The van der Waals surface area contributed by atoms with Crippen LogP contribution in [0.4, 0.5) is 5.69 Å². The van der Waals surface area contributed by atoms with Gasteiger partial charge in [0.1, 0.15) is 18.3 Å². The normalized spacial score (nSPS) is 13.0. The standard InChI is InChI=1S/C26H36BrN3O5S/c1-7-19(4)28-26(32)24(8-2)29(16-20-9-12-22(35-5)13-10-20)25(31)17-30(36(6,33)34)21-11-14-23(27)18(3)15-21/h9-15,19,24H,7-8,16-17H2,1-6H3,(H,28,32)/t19-,24+/m0/s1. The number of hydrogen-bond donors (Lipinski definition) is 1. The Bertz CT molecular complexity index is 1150. The van der Waals surface area contributed by atoms with Crippen LogP contribution in [0.1, 0.15) is 44.7 Å². The highest BCUT2D eigenvalue weighted by Gasteiger charge is 2.32. The molecule has 0 bridgehead atoms. The average molecular weight is 583 g/mol. The molecule has 0 aliphatic rings. The zero-order valence-electron chi connectivity index (χ0n) is 21.7. The van der Waals surface area contributed by atoms with Crippen LogP contribution < -0.4 is 14.4 Å². The fourth-order valence-electron chi connectivity index (χ4n) is 3.69. The number of carbonyl (C=O) groups is 2. The number of carbonyl (C=O) groups excluding carboxylic acids is 2.